The average molecular weight is 493 g/mol. The molecule has 0 unspecified atom stereocenters. The molecule has 11 atom stereocenters. The first-order chi connectivity index (χ1) is 16.6. The van der Waals surface area contributed by atoms with Crippen LogP contribution >= 0.6 is 0 Å². The third-order valence-electron chi connectivity index (χ3n) is 11.1. The highest BCUT2D eigenvalue weighted by Crippen LogP contribution is 2.68. The predicted molar refractivity (Wildman–Crippen MR) is 129 cm³/mol. The number of carbonyl (C=O) groups excluding carboxylic acids is 3. The Hall–Kier alpha value is -1.63. The van der Waals surface area contributed by atoms with Crippen LogP contribution in [0.3, 0.4) is 0 Å². The molecule has 4 aliphatic carbocycles. The zero-order valence-corrected chi connectivity index (χ0v) is 22.0. The van der Waals surface area contributed by atoms with E-state index in [9.17, 15) is 19.5 Å². The Kier molecular flexibility index (Phi) is 7.57. The van der Waals surface area contributed by atoms with E-state index in [1.54, 1.807) is 0 Å². The van der Waals surface area contributed by atoms with Crippen LogP contribution in [-0.4, -0.2) is 48.9 Å². The molecule has 7 heteroatoms. The number of fused-ring (bicyclic) bond motifs is 5. The molecule has 4 rings (SSSR count). The zero-order valence-electron chi connectivity index (χ0n) is 22.0. The SMILES string of the molecule is COC(=O)CC[C@@H](C)[C@H]1CC[C@H]2[C@@H]3[C@H](OC(C)=O)C[C@@H]4C[C@@H](OC=O)CC[C@]4(C)[C@H]3C[C@H](O)[C@]12C. The number of aliphatic hydroxyl groups is 1. The number of esters is 2. The van der Waals surface area contributed by atoms with Gasteiger partial charge in [0.1, 0.15) is 12.2 Å². The summed E-state index contributed by atoms with van der Waals surface area (Å²) in [6.45, 7) is 8.86. The van der Waals surface area contributed by atoms with E-state index in [0.29, 0.717) is 37.1 Å². The van der Waals surface area contributed by atoms with E-state index in [0.717, 1.165) is 44.9 Å². The molecule has 0 saturated heterocycles. The highest BCUT2D eigenvalue weighted by atomic mass is 16.5. The molecule has 7 nitrogen and oxygen atoms in total. The second-order valence-corrected chi connectivity index (χ2v) is 12.4. The van der Waals surface area contributed by atoms with Crippen LogP contribution in [0.15, 0.2) is 0 Å². The number of hydrogen-bond donors (Lipinski definition) is 1. The number of methoxy groups -OCH3 is 1. The largest absolute Gasteiger partial charge is 0.469 e. The molecule has 4 saturated carbocycles. The molecule has 0 radical (unpaired) electrons. The van der Waals surface area contributed by atoms with Gasteiger partial charge >= 0.3 is 11.9 Å². The van der Waals surface area contributed by atoms with Gasteiger partial charge in [-0.25, -0.2) is 0 Å². The highest BCUT2D eigenvalue weighted by molar-refractivity contribution is 5.69. The summed E-state index contributed by atoms with van der Waals surface area (Å²) in [6.07, 6.45) is 6.60. The van der Waals surface area contributed by atoms with E-state index in [-0.39, 0.29) is 52.7 Å². The second kappa shape index (κ2) is 10.0. The van der Waals surface area contributed by atoms with Gasteiger partial charge in [0.05, 0.1) is 13.2 Å². The van der Waals surface area contributed by atoms with Crippen LogP contribution in [0, 0.1) is 46.3 Å². The minimum Gasteiger partial charge on any atom is -0.469 e. The van der Waals surface area contributed by atoms with Gasteiger partial charge in [0.2, 0.25) is 0 Å². The summed E-state index contributed by atoms with van der Waals surface area (Å²) in [5.41, 5.74) is -0.239. The Labute approximate surface area is 209 Å². The van der Waals surface area contributed by atoms with E-state index in [1.807, 2.05) is 0 Å². The molecular weight excluding hydrogens is 448 g/mol. The fourth-order valence-electron chi connectivity index (χ4n) is 9.28. The standard InChI is InChI=1S/C28H44O7/c1-16(6-9-25(32)33-5)20-7-8-21-26-22(14-24(31)28(20,21)4)27(3)11-10-19(34-15-29)12-18(27)13-23(26)35-17(2)30/h15-16,18-24,26,31H,6-14H2,1-5H3/t16-,18+,19+,20-,21+,22+,23-,24+,26+,27+,28-/m1/s1. The third kappa shape index (κ3) is 4.51. The van der Waals surface area contributed by atoms with Gasteiger partial charge in [-0.3, -0.25) is 14.4 Å². The smallest absolute Gasteiger partial charge is 0.305 e. The summed E-state index contributed by atoms with van der Waals surface area (Å²) < 4.78 is 16.2. The summed E-state index contributed by atoms with van der Waals surface area (Å²) in [6, 6.07) is 0. The van der Waals surface area contributed by atoms with Gasteiger partial charge in [-0.15, -0.1) is 0 Å². The quantitative estimate of drug-likeness (QED) is 0.322. The van der Waals surface area contributed by atoms with E-state index >= 15 is 0 Å². The van der Waals surface area contributed by atoms with E-state index < -0.39 is 6.10 Å². The Morgan fingerprint density at radius 2 is 1.86 bits per heavy atom. The molecule has 0 heterocycles. The summed E-state index contributed by atoms with van der Waals surface area (Å²) in [4.78, 5) is 35.0. The van der Waals surface area contributed by atoms with Crippen molar-refractivity contribution in [3.05, 3.63) is 0 Å². The Morgan fingerprint density at radius 1 is 1.11 bits per heavy atom. The fraction of sp³-hybridized carbons (Fsp3) is 0.893. The van der Waals surface area contributed by atoms with Crippen LogP contribution in [0.5, 0.6) is 0 Å². The van der Waals surface area contributed by atoms with Crippen molar-refractivity contribution in [3.63, 3.8) is 0 Å². The summed E-state index contributed by atoms with van der Waals surface area (Å²) in [7, 11) is 1.43. The van der Waals surface area contributed by atoms with Gasteiger partial charge in [0.25, 0.3) is 6.47 Å². The molecule has 0 aliphatic heterocycles. The Morgan fingerprint density at radius 3 is 2.51 bits per heavy atom. The lowest BCUT2D eigenvalue weighted by atomic mass is 9.43. The van der Waals surface area contributed by atoms with Gasteiger partial charge in [-0.1, -0.05) is 20.8 Å². The lowest BCUT2D eigenvalue weighted by Crippen LogP contribution is -2.63. The minimum atomic E-state index is -0.431. The maximum absolute atomic E-state index is 12.2. The minimum absolute atomic E-state index is 0.0287. The lowest BCUT2D eigenvalue weighted by Gasteiger charge is -2.63. The molecule has 35 heavy (non-hydrogen) atoms. The van der Waals surface area contributed by atoms with Crippen molar-refractivity contribution in [1.82, 2.24) is 0 Å². The molecule has 4 fully saturated rings. The molecule has 0 bridgehead atoms. The first kappa shape index (κ1) is 26.4. The predicted octanol–water partition coefficient (Wildman–Crippen LogP) is 4.29. The molecule has 4 aliphatic rings. The molecule has 0 amide bonds. The van der Waals surface area contributed by atoms with Crippen molar-refractivity contribution in [2.45, 2.75) is 104 Å². The molecule has 0 spiro atoms. The van der Waals surface area contributed by atoms with Gasteiger partial charge in [-0.05, 0) is 91.8 Å². The van der Waals surface area contributed by atoms with Crippen molar-refractivity contribution < 1.29 is 33.7 Å². The average Bonchev–Trinajstić information content (AvgIpc) is 3.17. The molecule has 198 valence electrons. The fourth-order valence-corrected chi connectivity index (χ4v) is 9.28. The maximum atomic E-state index is 12.2. The van der Waals surface area contributed by atoms with Crippen LogP contribution in [0.1, 0.15) is 85.5 Å². The number of rotatable bonds is 7. The molecule has 0 aromatic rings. The van der Waals surface area contributed by atoms with E-state index in [1.165, 1.54) is 14.0 Å². The van der Waals surface area contributed by atoms with E-state index in [4.69, 9.17) is 14.2 Å². The summed E-state index contributed by atoms with van der Waals surface area (Å²) in [5, 5.41) is 11.8. The summed E-state index contributed by atoms with van der Waals surface area (Å²) in [5.74, 6) is 1.22. The van der Waals surface area contributed by atoms with Gasteiger partial charge < -0.3 is 19.3 Å². The van der Waals surface area contributed by atoms with Crippen LogP contribution in [0.4, 0.5) is 0 Å². The van der Waals surface area contributed by atoms with E-state index in [2.05, 4.69) is 20.8 Å². The number of hydrogen-bond acceptors (Lipinski definition) is 7. The van der Waals surface area contributed by atoms with Crippen molar-refractivity contribution in [3.8, 4) is 0 Å². The zero-order chi connectivity index (χ0) is 25.5. The van der Waals surface area contributed by atoms with Crippen LogP contribution < -0.4 is 0 Å². The van der Waals surface area contributed by atoms with Crippen molar-refractivity contribution >= 4 is 18.4 Å². The molecule has 1 N–H and O–H groups in total. The second-order valence-electron chi connectivity index (χ2n) is 12.4. The van der Waals surface area contributed by atoms with Crippen molar-refractivity contribution in [1.29, 1.82) is 0 Å². The number of aliphatic hydroxyl groups excluding tert-OH is 1. The normalized spacial score (nSPS) is 45.3. The maximum Gasteiger partial charge on any atom is 0.305 e. The van der Waals surface area contributed by atoms with Crippen LogP contribution in [-0.2, 0) is 28.6 Å². The first-order valence-electron chi connectivity index (χ1n) is 13.6. The van der Waals surface area contributed by atoms with Gasteiger partial charge in [0, 0.05) is 19.3 Å². The summed E-state index contributed by atoms with van der Waals surface area (Å²) >= 11 is 0. The number of carbonyl (C=O) groups is 3. The molecule has 0 aromatic heterocycles. The van der Waals surface area contributed by atoms with Crippen LogP contribution in [0.25, 0.3) is 0 Å². The Balaban J connectivity index is 1.63. The lowest BCUT2D eigenvalue weighted by molar-refractivity contribution is -0.217. The van der Waals surface area contributed by atoms with Crippen LogP contribution in [0.2, 0.25) is 0 Å². The Bertz CT molecular complexity index is 813. The number of ether oxygens (including phenoxy) is 3. The first-order valence-corrected chi connectivity index (χ1v) is 13.6. The van der Waals surface area contributed by atoms with Gasteiger partial charge in [0.15, 0.2) is 0 Å². The van der Waals surface area contributed by atoms with Gasteiger partial charge in [-0.2, -0.15) is 0 Å². The van der Waals surface area contributed by atoms with Crippen molar-refractivity contribution in [2.75, 3.05) is 7.11 Å². The third-order valence-corrected chi connectivity index (χ3v) is 11.1. The molecule has 0 aromatic carbocycles. The monoisotopic (exact) mass is 492 g/mol. The topological polar surface area (TPSA) is 99.1 Å². The molecular formula is C28H44O7. The van der Waals surface area contributed by atoms with Crippen molar-refractivity contribution in [2.24, 2.45) is 46.3 Å². The highest BCUT2D eigenvalue weighted by Gasteiger charge is 2.66.